The Kier molecular flexibility index (Phi) is 3.17. The van der Waals surface area contributed by atoms with E-state index in [1.807, 2.05) is 0 Å². The molecule has 16 heavy (non-hydrogen) atoms. The Hall–Kier alpha value is -0.880. The second-order valence-corrected chi connectivity index (χ2v) is 4.24. The van der Waals surface area contributed by atoms with Crippen molar-refractivity contribution in [3.8, 4) is 0 Å². The lowest BCUT2D eigenvalue weighted by molar-refractivity contribution is -0.274. The van der Waals surface area contributed by atoms with Crippen molar-refractivity contribution < 1.29 is 26.7 Å². The van der Waals surface area contributed by atoms with Gasteiger partial charge < -0.3 is 4.90 Å². The van der Waals surface area contributed by atoms with Crippen LogP contribution in [0.4, 0.5) is 22.0 Å². The van der Waals surface area contributed by atoms with Gasteiger partial charge in [0, 0.05) is 13.1 Å². The zero-order valence-corrected chi connectivity index (χ0v) is 8.81. The molecule has 2 nitrogen and oxygen atoms in total. The highest BCUT2D eigenvalue weighted by atomic mass is 19.4. The minimum absolute atomic E-state index is 0.0499. The van der Waals surface area contributed by atoms with Gasteiger partial charge in [0.25, 0.3) is 0 Å². The number of carbonyl (C=O) groups excluding carboxylic acids is 1. The Balaban J connectivity index is 2.80. The summed E-state index contributed by atoms with van der Waals surface area (Å²) in [4.78, 5) is 11.6. The van der Waals surface area contributed by atoms with Crippen molar-refractivity contribution in [2.45, 2.75) is 25.9 Å². The van der Waals surface area contributed by atoms with E-state index in [2.05, 4.69) is 0 Å². The Morgan fingerprint density at radius 2 is 1.44 bits per heavy atom. The first kappa shape index (κ1) is 13.2. The number of hydrogen-bond donors (Lipinski definition) is 0. The van der Waals surface area contributed by atoms with Gasteiger partial charge in [0.05, 0.1) is 0 Å². The van der Waals surface area contributed by atoms with Gasteiger partial charge in [-0.1, -0.05) is 13.8 Å². The van der Waals surface area contributed by atoms with Crippen LogP contribution in [-0.4, -0.2) is 36.0 Å². The third-order valence-electron chi connectivity index (χ3n) is 2.90. The summed E-state index contributed by atoms with van der Waals surface area (Å²) in [6.07, 6.45) is -5.82. The molecule has 0 saturated carbocycles. The van der Waals surface area contributed by atoms with Gasteiger partial charge in [0.2, 0.25) is 0 Å². The minimum Gasteiger partial charge on any atom is -0.337 e. The van der Waals surface area contributed by atoms with Crippen molar-refractivity contribution >= 4 is 5.91 Å². The fraction of sp³-hybridized carbons (Fsp3) is 0.889. The lowest BCUT2D eigenvalue weighted by Crippen LogP contribution is -2.51. The summed E-state index contributed by atoms with van der Waals surface area (Å²) >= 11 is 0. The summed E-state index contributed by atoms with van der Waals surface area (Å²) in [6, 6.07) is 0. The van der Waals surface area contributed by atoms with E-state index < -0.39 is 18.0 Å². The molecule has 2 unspecified atom stereocenters. The molecule has 1 amide bonds. The van der Waals surface area contributed by atoms with Crippen molar-refractivity contribution in [3.05, 3.63) is 0 Å². The maximum atomic E-state index is 12.7. The van der Waals surface area contributed by atoms with Crippen molar-refractivity contribution in [1.29, 1.82) is 0 Å². The summed E-state index contributed by atoms with van der Waals surface area (Å²) in [5.41, 5.74) is 0. The maximum absolute atomic E-state index is 12.7. The molecule has 1 aliphatic rings. The Bertz CT molecular complexity index is 278. The number of hydrogen-bond acceptors (Lipinski definition) is 1. The predicted molar refractivity (Wildman–Crippen MR) is 45.9 cm³/mol. The smallest absolute Gasteiger partial charge is 0.337 e. The van der Waals surface area contributed by atoms with Gasteiger partial charge in [-0.2, -0.15) is 22.0 Å². The molecule has 0 bridgehead atoms. The molecular formula is C9H12F5NO. The van der Waals surface area contributed by atoms with Gasteiger partial charge in [0.1, 0.15) is 0 Å². The van der Waals surface area contributed by atoms with E-state index >= 15 is 0 Å². The monoisotopic (exact) mass is 245 g/mol. The quantitative estimate of drug-likeness (QED) is 0.649. The molecule has 1 rings (SSSR count). The van der Waals surface area contributed by atoms with Gasteiger partial charge in [-0.25, -0.2) is 0 Å². The number of nitrogens with zero attached hydrogens (tertiary/aromatic N) is 1. The van der Waals surface area contributed by atoms with E-state index in [9.17, 15) is 26.7 Å². The van der Waals surface area contributed by atoms with Gasteiger partial charge in [0.15, 0.2) is 0 Å². The summed E-state index contributed by atoms with van der Waals surface area (Å²) in [7, 11) is 0. The van der Waals surface area contributed by atoms with E-state index in [4.69, 9.17) is 0 Å². The summed E-state index contributed by atoms with van der Waals surface area (Å²) in [6.45, 7) is 3.32. The number of likely N-dealkylation sites (tertiary alicyclic amines) is 1. The fourth-order valence-corrected chi connectivity index (χ4v) is 1.62. The third-order valence-corrected chi connectivity index (χ3v) is 2.90. The second kappa shape index (κ2) is 3.85. The first-order chi connectivity index (χ1) is 7.07. The van der Waals surface area contributed by atoms with E-state index in [1.54, 1.807) is 13.8 Å². The van der Waals surface area contributed by atoms with E-state index in [0.29, 0.717) is 4.90 Å². The second-order valence-electron chi connectivity index (χ2n) is 4.24. The summed E-state index contributed by atoms with van der Waals surface area (Å²) in [5.74, 6) is -7.55. The maximum Gasteiger partial charge on any atom is 0.463 e. The van der Waals surface area contributed by atoms with Crippen LogP contribution in [0.15, 0.2) is 0 Å². The molecule has 0 radical (unpaired) electrons. The minimum atomic E-state index is -5.82. The fourth-order valence-electron chi connectivity index (χ4n) is 1.62. The highest BCUT2D eigenvalue weighted by Crippen LogP contribution is 2.38. The van der Waals surface area contributed by atoms with Crippen molar-refractivity contribution in [3.63, 3.8) is 0 Å². The van der Waals surface area contributed by atoms with E-state index in [1.165, 1.54) is 0 Å². The largest absolute Gasteiger partial charge is 0.463 e. The predicted octanol–water partition coefficient (Wildman–Crippen LogP) is 2.30. The molecule has 0 aliphatic carbocycles. The van der Waals surface area contributed by atoms with Crippen LogP contribution in [-0.2, 0) is 4.79 Å². The van der Waals surface area contributed by atoms with Crippen LogP contribution in [0.3, 0.4) is 0 Å². The van der Waals surface area contributed by atoms with Crippen LogP contribution in [0.25, 0.3) is 0 Å². The molecule has 1 fully saturated rings. The molecule has 0 spiro atoms. The van der Waals surface area contributed by atoms with Crippen LogP contribution < -0.4 is 0 Å². The van der Waals surface area contributed by atoms with Crippen LogP contribution in [0.2, 0.25) is 0 Å². The Labute approximate surface area is 89.4 Å². The van der Waals surface area contributed by atoms with E-state index in [0.717, 1.165) is 0 Å². The summed E-state index contributed by atoms with van der Waals surface area (Å²) in [5, 5.41) is 0. The summed E-state index contributed by atoms with van der Waals surface area (Å²) < 4.78 is 61.2. The molecule has 2 atom stereocenters. The lowest BCUT2D eigenvalue weighted by Gasteiger charge is -2.24. The van der Waals surface area contributed by atoms with Gasteiger partial charge >= 0.3 is 18.0 Å². The molecule has 0 aromatic heterocycles. The number of alkyl halides is 5. The van der Waals surface area contributed by atoms with Crippen LogP contribution in [0, 0.1) is 11.8 Å². The molecule has 0 aromatic carbocycles. The zero-order chi connectivity index (χ0) is 12.7. The molecular weight excluding hydrogens is 233 g/mol. The lowest BCUT2D eigenvalue weighted by atomic mass is 10.0. The third kappa shape index (κ3) is 2.12. The average Bonchev–Trinajstić information content (AvgIpc) is 2.43. The molecule has 94 valence electrons. The van der Waals surface area contributed by atoms with Crippen LogP contribution in [0.5, 0.6) is 0 Å². The van der Waals surface area contributed by atoms with Crippen molar-refractivity contribution in [1.82, 2.24) is 4.90 Å². The highest BCUT2D eigenvalue weighted by Gasteiger charge is 2.65. The van der Waals surface area contributed by atoms with Crippen molar-refractivity contribution in [2.75, 3.05) is 13.1 Å². The number of carbonyl (C=O) groups is 1. The SMILES string of the molecule is CC1CN(C(=O)C(F)(F)C(F)(F)F)CC1C. The normalized spacial score (nSPS) is 27.3. The first-order valence-corrected chi connectivity index (χ1v) is 4.81. The van der Waals surface area contributed by atoms with E-state index in [-0.39, 0.29) is 24.9 Å². The zero-order valence-electron chi connectivity index (χ0n) is 8.81. The van der Waals surface area contributed by atoms with Crippen LogP contribution >= 0.6 is 0 Å². The number of halogens is 5. The topological polar surface area (TPSA) is 20.3 Å². The number of rotatable bonds is 1. The van der Waals surface area contributed by atoms with Crippen LogP contribution in [0.1, 0.15) is 13.8 Å². The molecule has 0 aromatic rings. The van der Waals surface area contributed by atoms with Crippen molar-refractivity contribution in [2.24, 2.45) is 11.8 Å². The Morgan fingerprint density at radius 1 is 1.06 bits per heavy atom. The molecule has 1 heterocycles. The van der Waals surface area contributed by atoms with Gasteiger partial charge in [-0.3, -0.25) is 4.79 Å². The highest BCUT2D eigenvalue weighted by molar-refractivity contribution is 5.84. The molecule has 1 aliphatic heterocycles. The molecule has 0 N–H and O–H groups in total. The molecule has 7 heteroatoms. The molecule has 1 saturated heterocycles. The number of amides is 1. The Morgan fingerprint density at radius 3 is 1.75 bits per heavy atom. The van der Waals surface area contributed by atoms with Gasteiger partial charge in [-0.05, 0) is 11.8 Å². The van der Waals surface area contributed by atoms with Gasteiger partial charge in [-0.15, -0.1) is 0 Å². The standard InChI is InChI=1S/C9H12F5NO/c1-5-3-15(4-6(5)2)7(16)8(10,11)9(12,13)14/h5-6H,3-4H2,1-2H3. The average molecular weight is 245 g/mol. The first-order valence-electron chi connectivity index (χ1n) is 4.81.